The normalized spacial score (nSPS) is 18.6. The number of aromatic nitrogens is 1. The molecular formula is C15H16N2O2. The van der Waals surface area contributed by atoms with E-state index in [4.69, 9.17) is 4.74 Å². The molecule has 1 saturated heterocycles. The molecule has 4 heteroatoms. The Morgan fingerprint density at radius 2 is 2.21 bits per heavy atom. The van der Waals surface area contributed by atoms with Gasteiger partial charge < -0.3 is 10.1 Å². The van der Waals surface area contributed by atoms with E-state index in [9.17, 15) is 4.79 Å². The van der Waals surface area contributed by atoms with E-state index >= 15 is 0 Å². The van der Waals surface area contributed by atoms with Crippen LogP contribution >= 0.6 is 0 Å². The fourth-order valence-electron chi connectivity index (χ4n) is 2.28. The van der Waals surface area contributed by atoms with Crippen LogP contribution in [0.25, 0.3) is 10.9 Å². The second kappa shape index (κ2) is 5.36. The number of benzene rings is 1. The quantitative estimate of drug-likeness (QED) is 0.914. The van der Waals surface area contributed by atoms with Gasteiger partial charge in [0, 0.05) is 12.0 Å². The van der Waals surface area contributed by atoms with Gasteiger partial charge in [0.25, 0.3) is 0 Å². The third kappa shape index (κ3) is 2.74. The smallest absolute Gasteiger partial charge is 0.249 e. The van der Waals surface area contributed by atoms with E-state index in [-0.39, 0.29) is 12.0 Å². The molecule has 98 valence electrons. The minimum Gasteiger partial charge on any atom is -0.368 e. The molecule has 3 rings (SSSR count). The Labute approximate surface area is 111 Å². The molecule has 0 bridgehead atoms. The molecule has 1 N–H and O–H groups in total. The minimum absolute atomic E-state index is 0.0348. The fraction of sp³-hybridized carbons (Fsp3) is 0.333. The summed E-state index contributed by atoms with van der Waals surface area (Å²) in [4.78, 5) is 16.3. The molecule has 1 atom stereocenters. The summed E-state index contributed by atoms with van der Waals surface area (Å²) in [5, 5.41) is 3.99. The highest BCUT2D eigenvalue weighted by molar-refractivity contribution is 5.81. The number of pyridine rings is 1. The number of carbonyl (C=O) groups excluding carboxylic acids is 1. The van der Waals surface area contributed by atoms with E-state index in [1.165, 1.54) is 0 Å². The molecule has 1 fully saturated rings. The molecule has 1 aliphatic rings. The highest BCUT2D eigenvalue weighted by Gasteiger charge is 2.23. The second-order valence-electron chi connectivity index (χ2n) is 4.71. The van der Waals surface area contributed by atoms with Gasteiger partial charge in [0.05, 0.1) is 17.8 Å². The molecule has 1 amide bonds. The topological polar surface area (TPSA) is 51.2 Å². The molecule has 4 nitrogen and oxygen atoms in total. The number of ether oxygens (including phenoxy) is 1. The Hall–Kier alpha value is -1.94. The van der Waals surface area contributed by atoms with E-state index in [0.29, 0.717) is 13.2 Å². The van der Waals surface area contributed by atoms with Crippen molar-refractivity contribution >= 4 is 16.8 Å². The van der Waals surface area contributed by atoms with E-state index < -0.39 is 0 Å². The van der Waals surface area contributed by atoms with Gasteiger partial charge in [-0.1, -0.05) is 24.3 Å². The highest BCUT2D eigenvalue weighted by Crippen LogP contribution is 2.13. The van der Waals surface area contributed by atoms with Gasteiger partial charge in [0.15, 0.2) is 0 Å². The molecule has 1 aromatic heterocycles. The third-order valence-corrected chi connectivity index (χ3v) is 3.32. The molecule has 0 spiro atoms. The molecule has 2 heterocycles. The highest BCUT2D eigenvalue weighted by atomic mass is 16.5. The lowest BCUT2D eigenvalue weighted by Gasteiger charge is -2.10. The lowest BCUT2D eigenvalue weighted by atomic mass is 10.2. The van der Waals surface area contributed by atoms with Crippen molar-refractivity contribution in [3.8, 4) is 0 Å². The van der Waals surface area contributed by atoms with Gasteiger partial charge in [-0.3, -0.25) is 9.78 Å². The van der Waals surface area contributed by atoms with Crippen LogP contribution in [0.2, 0.25) is 0 Å². The molecule has 0 radical (unpaired) electrons. The van der Waals surface area contributed by atoms with E-state index in [1.54, 1.807) is 0 Å². The number of hydrogen-bond acceptors (Lipinski definition) is 3. The first-order valence-corrected chi connectivity index (χ1v) is 6.57. The summed E-state index contributed by atoms with van der Waals surface area (Å²) in [6, 6.07) is 11.9. The zero-order valence-electron chi connectivity index (χ0n) is 10.6. The summed E-state index contributed by atoms with van der Waals surface area (Å²) < 4.78 is 5.34. The van der Waals surface area contributed by atoms with Crippen molar-refractivity contribution in [2.24, 2.45) is 0 Å². The van der Waals surface area contributed by atoms with Crippen LogP contribution < -0.4 is 5.32 Å². The Morgan fingerprint density at radius 1 is 1.32 bits per heavy atom. The Balaban J connectivity index is 1.66. The summed E-state index contributed by atoms with van der Waals surface area (Å²) in [6.07, 6.45) is 1.50. The summed E-state index contributed by atoms with van der Waals surface area (Å²) >= 11 is 0. The molecule has 0 aliphatic carbocycles. The van der Waals surface area contributed by atoms with Crippen LogP contribution in [-0.4, -0.2) is 23.6 Å². The summed E-state index contributed by atoms with van der Waals surface area (Å²) in [5.41, 5.74) is 1.82. The number of nitrogens with one attached hydrogen (secondary N) is 1. The van der Waals surface area contributed by atoms with Crippen molar-refractivity contribution in [2.45, 2.75) is 25.5 Å². The van der Waals surface area contributed by atoms with Gasteiger partial charge in [-0.15, -0.1) is 0 Å². The van der Waals surface area contributed by atoms with Crippen molar-refractivity contribution in [2.75, 3.05) is 6.61 Å². The van der Waals surface area contributed by atoms with E-state index in [1.807, 2.05) is 36.4 Å². The maximum absolute atomic E-state index is 11.8. The number of para-hydroxylation sites is 1. The lowest BCUT2D eigenvalue weighted by Crippen LogP contribution is -2.33. The van der Waals surface area contributed by atoms with Crippen LogP contribution in [0.5, 0.6) is 0 Å². The average Bonchev–Trinajstić information content (AvgIpc) is 2.99. The number of hydrogen-bond donors (Lipinski definition) is 1. The van der Waals surface area contributed by atoms with Crippen molar-refractivity contribution in [1.29, 1.82) is 0 Å². The minimum atomic E-state index is -0.277. The zero-order valence-corrected chi connectivity index (χ0v) is 10.6. The zero-order chi connectivity index (χ0) is 13.1. The largest absolute Gasteiger partial charge is 0.368 e. The number of nitrogens with zero attached hydrogens (tertiary/aromatic N) is 1. The maximum Gasteiger partial charge on any atom is 0.249 e. The first kappa shape index (κ1) is 12.1. The van der Waals surface area contributed by atoms with Crippen LogP contribution in [-0.2, 0) is 16.1 Å². The summed E-state index contributed by atoms with van der Waals surface area (Å²) in [7, 11) is 0. The molecule has 1 aromatic carbocycles. The van der Waals surface area contributed by atoms with E-state index in [0.717, 1.165) is 29.4 Å². The molecule has 0 saturated carbocycles. The fourth-order valence-corrected chi connectivity index (χ4v) is 2.28. The van der Waals surface area contributed by atoms with E-state index in [2.05, 4.69) is 10.3 Å². The molecule has 2 aromatic rings. The molecular weight excluding hydrogens is 240 g/mol. The first-order valence-electron chi connectivity index (χ1n) is 6.57. The SMILES string of the molecule is O=C(NCc1ccc2ccccc2n1)C1CCCO1. The molecule has 1 aliphatic heterocycles. The number of fused-ring (bicyclic) bond motifs is 1. The predicted molar refractivity (Wildman–Crippen MR) is 72.6 cm³/mol. The third-order valence-electron chi connectivity index (χ3n) is 3.32. The lowest BCUT2D eigenvalue weighted by molar-refractivity contribution is -0.130. The second-order valence-corrected chi connectivity index (χ2v) is 4.71. The van der Waals surface area contributed by atoms with Crippen LogP contribution in [0.15, 0.2) is 36.4 Å². The number of amides is 1. The van der Waals surface area contributed by atoms with Crippen LogP contribution in [0.1, 0.15) is 18.5 Å². The monoisotopic (exact) mass is 256 g/mol. The van der Waals surface area contributed by atoms with Crippen molar-refractivity contribution < 1.29 is 9.53 Å². The van der Waals surface area contributed by atoms with Gasteiger partial charge in [0.2, 0.25) is 5.91 Å². The summed E-state index contributed by atoms with van der Waals surface area (Å²) in [6.45, 7) is 1.13. The number of carbonyl (C=O) groups is 1. The number of rotatable bonds is 3. The first-order chi connectivity index (χ1) is 9.33. The molecule has 1 unspecified atom stereocenters. The van der Waals surface area contributed by atoms with Crippen LogP contribution in [0, 0.1) is 0 Å². The Bertz CT molecular complexity index is 591. The van der Waals surface area contributed by atoms with Crippen LogP contribution in [0.4, 0.5) is 0 Å². The van der Waals surface area contributed by atoms with Gasteiger partial charge >= 0.3 is 0 Å². The predicted octanol–water partition coefficient (Wildman–Crippen LogP) is 2.03. The van der Waals surface area contributed by atoms with Crippen LogP contribution in [0.3, 0.4) is 0 Å². The van der Waals surface area contributed by atoms with Gasteiger partial charge in [-0.2, -0.15) is 0 Å². The average molecular weight is 256 g/mol. The van der Waals surface area contributed by atoms with Gasteiger partial charge in [-0.25, -0.2) is 0 Å². The van der Waals surface area contributed by atoms with Gasteiger partial charge in [-0.05, 0) is 25.0 Å². The Kier molecular flexibility index (Phi) is 3.42. The maximum atomic E-state index is 11.8. The van der Waals surface area contributed by atoms with Crippen molar-refractivity contribution in [1.82, 2.24) is 10.3 Å². The van der Waals surface area contributed by atoms with Crippen molar-refractivity contribution in [3.63, 3.8) is 0 Å². The molecule has 19 heavy (non-hydrogen) atoms. The van der Waals surface area contributed by atoms with Crippen molar-refractivity contribution in [3.05, 3.63) is 42.1 Å². The Morgan fingerprint density at radius 3 is 3.05 bits per heavy atom. The summed E-state index contributed by atoms with van der Waals surface area (Å²) in [5.74, 6) is -0.0348. The van der Waals surface area contributed by atoms with Gasteiger partial charge in [0.1, 0.15) is 6.10 Å². The standard InChI is InChI=1S/C15H16N2O2/c18-15(14-6-3-9-19-14)16-10-12-8-7-11-4-1-2-5-13(11)17-12/h1-2,4-5,7-8,14H,3,6,9-10H2,(H,16,18).